The number of ether oxygens (including phenoxy) is 2. The molecule has 20 heavy (non-hydrogen) atoms. The van der Waals surface area contributed by atoms with Crippen molar-refractivity contribution in [2.75, 3.05) is 39.5 Å². The Hall–Kier alpha value is -0.200. The van der Waals surface area contributed by atoms with Crippen LogP contribution in [0.1, 0.15) is 39.0 Å². The van der Waals surface area contributed by atoms with Crippen LogP contribution < -0.4 is 5.32 Å². The Morgan fingerprint density at radius 1 is 1.20 bits per heavy atom. The zero-order valence-corrected chi connectivity index (χ0v) is 12.7. The molecule has 0 spiro atoms. The average molecular weight is 289 g/mol. The van der Waals surface area contributed by atoms with E-state index in [-0.39, 0.29) is 6.10 Å². The lowest BCUT2D eigenvalue weighted by Crippen LogP contribution is -2.35. The lowest BCUT2D eigenvalue weighted by atomic mass is 10.1. The lowest BCUT2D eigenvalue weighted by molar-refractivity contribution is 0.00333. The monoisotopic (exact) mass is 289 g/mol. The van der Waals surface area contributed by atoms with Gasteiger partial charge in [0.25, 0.3) is 0 Å². The summed E-state index contributed by atoms with van der Waals surface area (Å²) in [6.07, 6.45) is 4.66. The minimum Gasteiger partial charge on any atom is -0.393 e. The van der Waals surface area contributed by atoms with Crippen molar-refractivity contribution < 1.29 is 19.7 Å². The summed E-state index contributed by atoms with van der Waals surface area (Å²) in [5.41, 5.74) is 0. The molecule has 1 saturated carbocycles. The van der Waals surface area contributed by atoms with Crippen LogP contribution in [0.25, 0.3) is 0 Å². The number of aliphatic hydroxyl groups excluding tert-OH is 2. The van der Waals surface area contributed by atoms with Crippen molar-refractivity contribution in [1.29, 1.82) is 0 Å². The van der Waals surface area contributed by atoms with Crippen LogP contribution in [0.15, 0.2) is 0 Å². The molecule has 5 nitrogen and oxygen atoms in total. The fraction of sp³-hybridized carbons (Fsp3) is 1.00. The summed E-state index contributed by atoms with van der Waals surface area (Å²) in [6.45, 7) is 5.66. The zero-order valence-electron chi connectivity index (χ0n) is 12.7. The van der Waals surface area contributed by atoms with Crippen LogP contribution in [0, 0.1) is 5.92 Å². The molecule has 0 saturated heterocycles. The van der Waals surface area contributed by atoms with Gasteiger partial charge in [-0.05, 0) is 25.2 Å². The second kappa shape index (κ2) is 11.5. The molecule has 0 aromatic carbocycles. The highest BCUT2D eigenvalue weighted by Gasteiger charge is 2.24. The first-order valence-electron chi connectivity index (χ1n) is 7.96. The Balaban J connectivity index is 1.86. The number of nitrogens with one attached hydrogen (secondary N) is 1. The molecule has 1 aliphatic carbocycles. The van der Waals surface area contributed by atoms with E-state index < -0.39 is 6.10 Å². The molecule has 1 rings (SSSR count). The molecule has 3 N–H and O–H groups in total. The Kier molecular flexibility index (Phi) is 10.2. The summed E-state index contributed by atoms with van der Waals surface area (Å²) >= 11 is 0. The van der Waals surface area contributed by atoms with E-state index in [2.05, 4.69) is 12.2 Å². The van der Waals surface area contributed by atoms with Crippen LogP contribution in [0.5, 0.6) is 0 Å². The number of hydrogen-bond acceptors (Lipinski definition) is 5. The summed E-state index contributed by atoms with van der Waals surface area (Å²) in [4.78, 5) is 0. The van der Waals surface area contributed by atoms with Gasteiger partial charge in [-0.2, -0.15) is 0 Å². The van der Waals surface area contributed by atoms with E-state index in [1.807, 2.05) is 0 Å². The standard InChI is InChI=1S/C15H31NO4/c1-2-3-7-19-8-9-20-12-14(17)11-16-10-13-5-4-6-15(13)18/h13-18H,2-12H2,1H3. The smallest absolute Gasteiger partial charge is 0.0897 e. The second-order valence-electron chi connectivity index (χ2n) is 5.61. The molecule has 0 aliphatic heterocycles. The maximum absolute atomic E-state index is 9.74. The first-order chi connectivity index (χ1) is 9.74. The molecule has 0 bridgehead atoms. The minimum atomic E-state index is -0.496. The van der Waals surface area contributed by atoms with Crippen molar-refractivity contribution in [3.05, 3.63) is 0 Å². The van der Waals surface area contributed by atoms with Crippen molar-refractivity contribution in [3.63, 3.8) is 0 Å². The van der Waals surface area contributed by atoms with Gasteiger partial charge in [-0.25, -0.2) is 0 Å². The van der Waals surface area contributed by atoms with Crippen molar-refractivity contribution >= 4 is 0 Å². The zero-order chi connectivity index (χ0) is 14.6. The van der Waals surface area contributed by atoms with Gasteiger partial charge in [0.05, 0.1) is 32.0 Å². The maximum Gasteiger partial charge on any atom is 0.0897 e. The highest BCUT2D eigenvalue weighted by molar-refractivity contribution is 4.78. The summed E-state index contributed by atoms with van der Waals surface area (Å²) in [7, 11) is 0. The molecule has 1 aliphatic rings. The van der Waals surface area contributed by atoms with Gasteiger partial charge in [0, 0.05) is 19.7 Å². The third-order valence-corrected chi connectivity index (χ3v) is 3.73. The predicted molar refractivity (Wildman–Crippen MR) is 78.8 cm³/mol. The quantitative estimate of drug-likeness (QED) is 0.466. The third-order valence-electron chi connectivity index (χ3n) is 3.73. The third kappa shape index (κ3) is 8.17. The molecular formula is C15H31NO4. The van der Waals surface area contributed by atoms with Gasteiger partial charge in [0.2, 0.25) is 0 Å². The van der Waals surface area contributed by atoms with E-state index in [1.54, 1.807) is 0 Å². The predicted octanol–water partition coefficient (Wildman–Crippen LogP) is 0.931. The molecule has 0 radical (unpaired) electrons. The average Bonchev–Trinajstić information content (AvgIpc) is 2.83. The number of rotatable bonds is 12. The first kappa shape index (κ1) is 17.9. The van der Waals surface area contributed by atoms with E-state index in [1.165, 1.54) is 0 Å². The van der Waals surface area contributed by atoms with Gasteiger partial charge in [-0.15, -0.1) is 0 Å². The summed E-state index contributed by atoms with van der Waals surface area (Å²) in [6, 6.07) is 0. The fourth-order valence-corrected chi connectivity index (χ4v) is 2.44. The van der Waals surface area contributed by atoms with Gasteiger partial charge in [0.1, 0.15) is 0 Å². The topological polar surface area (TPSA) is 71.0 Å². The normalized spacial score (nSPS) is 24.1. The van der Waals surface area contributed by atoms with E-state index >= 15 is 0 Å². The lowest BCUT2D eigenvalue weighted by Gasteiger charge is -2.17. The maximum atomic E-state index is 9.74. The van der Waals surface area contributed by atoms with Gasteiger partial charge in [0.15, 0.2) is 0 Å². The summed E-state index contributed by atoms with van der Waals surface area (Å²) < 4.78 is 10.7. The molecule has 0 aromatic heterocycles. The highest BCUT2D eigenvalue weighted by atomic mass is 16.5. The van der Waals surface area contributed by atoms with Crippen LogP contribution in [-0.2, 0) is 9.47 Å². The molecule has 0 amide bonds. The molecule has 3 unspecified atom stereocenters. The number of unbranched alkanes of at least 4 members (excludes halogenated alkanes) is 1. The van der Waals surface area contributed by atoms with E-state index in [9.17, 15) is 10.2 Å². The highest BCUT2D eigenvalue weighted by Crippen LogP contribution is 2.24. The summed E-state index contributed by atoms with van der Waals surface area (Å²) in [5.74, 6) is 0.343. The van der Waals surface area contributed by atoms with Crippen LogP contribution in [-0.4, -0.2) is 61.9 Å². The van der Waals surface area contributed by atoms with Crippen molar-refractivity contribution in [2.45, 2.75) is 51.2 Å². The van der Waals surface area contributed by atoms with Gasteiger partial charge in [-0.1, -0.05) is 19.8 Å². The molecule has 5 heteroatoms. The number of aliphatic hydroxyl groups is 2. The van der Waals surface area contributed by atoms with E-state index in [4.69, 9.17) is 9.47 Å². The van der Waals surface area contributed by atoms with Crippen LogP contribution >= 0.6 is 0 Å². The van der Waals surface area contributed by atoms with Crippen molar-refractivity contribution in [2.24, 2.45) is 5.92 Å². The first-order valence-corrected chi connectivity index (χ1v) is 7.96. The fourth-order valence-electron chi connectivity index (χ4n) is 2.44. The molecule has 0 heterocycles. The Morgan fingerprint density at radius 3 is 2.70 bits per heavy atom. The van der Waals surface area contributed by atoms with Crippen LogP contribution in [0.4, 0.5) is 0 Å². The van der Waals surface area contributed by atoms with Gasteiger partial charge in [-0.3, -0.25) is 0 Å². The Labute approximate surface area is 122 Å². The molecular weight excluding hydrogens is 258 g/mol. The largest absolute Gasteiger partial charge is 0.393 e. The van der Waals surface area contributed by atoms with Gasteiger partial charge >= 0.3 is 0 Å². The second-order valence-corrected chi connectivity index (χ2v) is 5.61. The van der Waals surface area contributed by atoms with Crippen molar-refractivity contribution in [3.8, 4) is 0 Å². The SMILES string of the molecule is CCCCOCCOCC(O)CNCC1CCCC1O. The minimum absolute atomic E-state index is 0.170. The summed E-state index contributed by atoms with van der Waals surface area (Å²) in [5, 5.41) is 22.6. The van der Waals surface area contributed by atoms with Crippen LogP contribution in [0.2, 0.25) is 0 Å². The Morgan fingerprint density at radius 2 is 2.00 bits per heavy atom. The van der Waals surface area contributed by atoms with Gasteiger partial charge < -0.3 is 25.0 Å². The number of hydrogen-bond donors (Lipinski definition) is 3. The van der Waals surface area contributed by atoms with E-state index in [0.29, 0.717) is 32.3 Å². The van der Waals surface area contributed by atoms with Crippen LogP contribution in [0.3, 0.4) is 0 Å². The van der Waals surface area contributed by atoms with E-state index in [0.717, 1.165) is 45.3 Å². The molecule has 120 valence electrons. The molecule has 0 aromatic rings. The van der Waals surface area contributed by atoms with Crippen molar-refractivity contribution in [1.82, 2.24) is 5.32 Å². The molecule has 1 fully saturated rings. The Bertz CT molecular complexity index is 228. The molecule has 3 atom stereocenters.